The lowest BCUT2D eigenvalue weighted by Crippen LogP contribution is -2.43. The molecule has 0 aliphatic carbocycles. The van der Waals surface area contributed by atoms with Gasteiger partial charge in [0, 0.05) is 16.7 Å². The first kappa shape index (κ1) is 14.4. The lowest BCUT2D eigenvalue weighted by Gasteiger charge is -2.34. The molecule has 3 heterocycles. The Bertz CT molecular complexity index is 454. The SMILES string of the molecule is CC(C)C1NC(c2cccs2)N(C2CCCSC2)C1=O. The van der Waals surface area contributed by atoms with Gasteiger partial charge < -0.3 is 4.90 Å². The van der Waals surface area contributed by atoms with Gasteiger partial charge in [-0.1, -0.05) is 19.9 Å². The molecular formula is C15H22N2OS2. The Morgan fingerprint density at radius 2 is 2.30 bits per heavy atom. The molecule has 2 fully saturated rings. The van der Waals surface area contributed by atoms with Crippen LogP contribution < -0.4 is 5.32 Å². The van der Waals surface area contributed by atoms with Gasteiger partial charge in [0.15, 0.2) is 0 Å². The summed E-state index contributed by atoms with van der Waals surface area (Å²) >= 11 is 3.72. The van der Waals surface area contributed by atoms with Crippen molar-refractivity contribution in [3.63, 3.8) is 0 Å². The third kappa shape index (κ3) is 2.63. The maximum atomic E-state index is 12.8. The van der Waals surface area contributed by atoms with Crippen LogP contribution in [0.2, 0.25) is 0 Å². The van der Waals surface area contributed by atoms with E-state index in [-0.39, 0.29) is 12.2 Å². The van der Waals surface area contributed by atoms with Crippen molar-refractivity contribution in [1.29, 1.82) is 0 Å². The molecule has 3 nitrogen and oxygen atoms in total. The van der Waals surface area contributed by atoms with Gasteiger partial charge in [-0.25, -0.2) is 0 Å². The summed E-state index contributed by atoms with van der Waals surface area (Å²) in [5.41, 5.74) is 0. The summed E-state index contributed by atoms with van der Waals surface area (Å²) in [5.74, 6) is 2.96. The topological polar surface area (TPSA) is 32.3 Å². The lowest BCUT2D eigenvalue weighted by molar-refractivity contribution is -0.132. The molecular weight excluding hydrogens is 288 g/mol. The molecule has 0 bridgehead atoms. The maximum Gasteiger partial charge on any atom is 0.241 e. The number of hydrogen-bond donors (Lipinski definition) is 1. The van der Waals surface area contributed by atoms with Crippen LogP contribution in [0.15, 0.2) is 17.5 Å². The Hall–Kier alpha value is -0.520. The van der Waals surface area contributed by atoms with Crippen molar-refractivity contribution in [1.82, 2.24) is 10.2 Å². The zero-order valence-corrected chi connectivity index (χ0v) is 13.7. The Balaban J connectivity index is 1.87. The van der Waals surface area contributed by atoms with E-state index >= 15 is 0 Å². The van der Waals surface area contributed by atoms with E-state index in [0.29, 0.717) is 17.9 Å². The largest absolute Gasteiger partial charge is 0.317 e. The summed E-state index contributed by atoms with van der Waals surface area (Å²) in [5, 5.41) is 5.66. The van der Waals surface area contributed by atoms with E-state index in [1.165, 1.54) is 17.1 Å². The Kier molecular flexibility index (Phi) is 4.38. The Labute approximate surface area is 129 Å². The number of thiophene rings is 1. The van der Waals surface area contributed by atoms with Gasteiger partial charge in [0.05, 0.1) is 6.04 Å². The fourth-order valence-corrected chi connectivity index (χ4v) is 5.01. The van der Waals surface area contributed by atoms with E-state index in [2.05, 4.69) is 41.6 Å². The van der Waals surface area contributed by atoms with E-state index in [0.717, 1.165) is 12.2 Å². The van der Waals surface area contributed by atoms with E-state index in [4.69, 9.17) is 0 Å². The molecule has 3 atom stereocenters. The average molecular weight is 310 g/mol. The van der Waals surface area contributed by atoms with E-state index in [9.17, 15) is 4.79 Å². The molecule has 0 saturated carbocycles. The van der Waals surface area contributed by atoms with Crippen LogP contribution in [0.3, 0.4) is 0 Å². The maximum absolute atomic E-state index is 12.8. The molecule has 1 N–H and O–H groups in total. The van der Waals surface area contributed by atoms with Crippen molar-refractivity contribution in [3.05, 3.63) is 22.4 Å². The standard InChI is InChI=1S/C15H22N2OS2/c1-10(2)13-15(18)17(11-5-3-7-19-9-11)14(16-13)12-6-4-8-20-12/h4,6,8,10-11,13-14,16H,3,5,7,9H2,1-2H3. The van der Waals surface area contributed by atoms with Crippen molar-refractivity contribution in [2.24, 2.45) is 5.92 Å². The number of nitrogens with zero attached hydrogens (tertiary/aromatic N) is 1. The van der Waals surface area contributed by atoms with E-state index in [1.807, 2.05) is 11.8 Å². The minimum absolute atomic E-state index is 0.0333. The first-order chi connectivity index (χ1) is 9.68. The van der Waals surface area contributed by atoms with Gasteiger partial charge in [0.1, 0.15) is 6.17 Å². The molecule has 0 aromatic carbocycles. The summed E-state index contributed by atoms with van der Waals surface area (Å²) in [6.45, 7) is 4.25. The van der Waals surface area contributed by atoms with Crippen molar-refractivity contribution in [3.8, 4) is 0 Å². The normalized spacial score (nSPS) is 31.2. The number of thioether (sulfide) groups is 1. The van der Waals surface area contributed by atoms with Gasteiger partial charge >= 0.3 is 0 Å². The molecule has 1 aromatic heterocycles. The number of carbonyl (C=O) groups excluding carboxylic acids is 1. The number of rotatable bonds is 3. The first-order valence-electron chi connectivity index (χ1n) is 7.38. The smallest absolute Gasteiger partial charge is 0.241 e. The van der Waals surface area contributed by atoms with Crippen LogP contribution in [-0.4, -0.2) is 34.4 Å². The van der Waals surface area contributed by atoms with Crippen molar-refractivity contribution < 1.29 is 4.79 Å². The predicted molar refractivity (Wildman–Crippen MR) is 86.0 cm³/mol. The van der Waals surface area contributed by atoms with Gasteiger partial charge in [-0.2, -0.15) is 11.8 Å². The van der Waals surface area contributed by atoms with Crippen molar-refractivity contribution in [2.45, 2.75) is 44.9 Å². The molecule has 3 rings (SSSR count). The summed E-state index contributed by atoms with van der Waals surface area (Å²) in [4.78, 5) is 16.2. The Morgan fingerprint density at radius 3 is 2.90 bits per heavy atom. The van der Waals surface area contributed by atoms with Crippen molar-refractivity contribution in [2.75, 3.05) is 11.5 Å². The molecule has 1 amide bonds. The highest BCUT2D eigenvalue weighted by Crippen LogP contribution is 2.35. The number of amides is 1. The molecule has 3 unspecified atom stereocenters. The van der Waals surface area contributed by atoms with E-state index in [1.54, 1.807) is 11.3 Å². The highest BCUT2D eigenvalue weighted by atomic mass is 32.2. The van der Waals surface area contributed by atoms with Gasteiger partial charge in [-0.15, -0.1) is 11.3 Å². The summed E-state index contributed by atoms with van der Waals surface area (Å²) in [6, 6.07) is 4.57. The molecule has 0 spiro atoms. The quantitative estimate of drug-likeness (QED) is 0.931. The molecule has 110 valence electrons. The van der Waals surface area contributed by atoms with Crippen LogP contribution in [0.4, 0.5) is 0 Å². The summed E-state index contributed by atoms with van der Waals surface area (Å²) in [7, 11) is 0. The van der Waals surface area contributed by atoms with Crippen molar-refractivity contribution >= 4 is 29.0 Å². The zero-order chi connectivity index (χ0) is 14.1. The van der Waals surface area contributed by atoms with Crippen LogP contribution in [-0.2, 0) is 4.79 Å². The molecule has 0 radical (unpaired) electrons. The van der Waals surface area contributed by atoms with Gasteiger partial charge in [-0.05, 0) is 36.0 Å². The third-order valence-corrected chi connectivity index (χ3v) is 6.27. The van der Waals surface area contributed by atoms with Gasteiger partial charge in [0.2, 0.25) is 5.91 Å². The molecule has 2 saturated heterocycles. The fourth-order valence-electron chi connectivity index (χ4n) is 3.09. The minimum atomic E-state index is -0.0333. The highest BCUT2D eigenvalue weighted by molar-refractivity contribution is 7.99. The summed E-state index contributed by atoms with van der Waals surface area (Å²) in [6.07, 6.45) is 2.45. The first-order valence-corrected chi connectivity index (χ1v) is 9.41. The second-order valence-corrected chi connectivity index (χ2v) is 8.05. The molecule has 20 heavy (non-hydrogen) atoms. The molecule has 2 aliphatic heterocycles. The lowest BCUT2D eigenvalue weighted by atomic mass is 10.0. The molecule has 2 aliphatic rings. The number of nitrogens with one attached hydrogen (secondary N) is 1. The predicted octanol–water partition coefficient (Wildman–Crippen LogP) is 3.10. The van der Waals surface area contributed by atoms with E-state index < -0.39 is 0 Å². The van der Waals surface area contributed by atoms with Crippen LogP contribution in [0.25, 0.3) is 0 Å². The zero-order valence-electron chi connectivity index (χ0n) is 12.0. The van der Waals surface area contributed by atoms with Crippen LogP contribution in [0.1, 0.15) is 37.7 Å². The van der Waals surface area contributed by atoms with Crippen LogP contribution in [0.5, 0.6) is 0 Å². The average Bonchev–Trinajstić information content (AvgIpc) is 3.06. The fraction of sp³-hybridized carbons (Fsp3) is 0.667. The number of carbonyl (C=O) groups is 1. The Morgan fingerprint density at radius 1 is 1.45 bits per heavy atom. The summed E-state index contributed by atoms with van der Waals surface area (Å²) < 4.78 is 0. The highest BCUT2D eigenvalue weighted by Gasteiger charge is 2.44. The van der Waals surface area contributed by atoms with Gasteiger partial charge in [0.25, 0.3) is 0 Å². The van der Waals surface area contributed by atoms with Gasteiger partial charge in [-0.3, -0.25) is 10.1 Å². The third-order valence-electron chi connectivity index (χ3n) is 4.15. The van der Waals surface area contributed by atoms with Crippen LogP contribution >= 0.6 is 23.1 Å². The number of hydrogen-bond acceptors (Lipinski definition) is 4. The van der Waals surface area contributed by atoms with Crippen LogP contribution in [0, 0.1) is 5.92 Å². The minimum Gasteiger partial charge on any atom is -0.317 e. The molecule has 5 heteroatoms. The monoisotopic (exact) mass is 310 g/mol. The second-order valence-electron chi connectivity index (χ2n) is 5.92. The second kappa shape index (κ2) is 6.08. The molecule has 1 aromatic rings.